The summed E-state index contributed by atoms with van der Waals surface area (Å²) in [5.74, 6) is -1.25. The number of aliphatic carboxylic acids is 1. The summed E-state index contributed by atoms with van der Waals surface area (Å²) in [5.41, 5.74) is 0.474. The lowest BCUT2D eigenvalue weighted by atomic mass is 9.95. The van der Waals surface area contributed by atoms with Crippen molar-refractivity contribution in [1.82, 2.24) is 0 Å². The maximum Gasteiger partial charge on any atom is 0.299 e. The monoisotopic (exact) mass is 224 g/mol. The Labute approximate surface area is 96.7 Å². The zero-order valence-electron chi connectivity index (χ0n) is 10.9. The van der Waals surface area contributed by atoms with Crippen molar-refractivity contribution in [3.05, 3.63) is 0 Å². The molecule has 0 saturated heterocycles. The maximum absolute atomic E-state index is 11.5. The first-order valence-corrected chi connectivity index (χ1v) is 5.66. The van der Waals surface area contributed by atoms with Gasteiger partial charge < -0.3 is 9.90 Å². The number of aliphatic imine (C=N–C) groups is 1. The third-order valence-electron chi connectivity index (χ3n) is 3.21. The lowest BCUT2D eigenvalue weighted by Crippen LogP contribution is -2.59. The number of carbonyl (C=O) groups is 1. The van der Waals surface area contributed by atoms with Gasteiger partial charge in [-0.05, 0) is 20.8 Å². The molecule has 4 nitrogen and oxygen atoms in total. The van der Waals surface area contributed by atoms with E-state index >= 15 is 0 Å². The van der Waals surface area contributed by atoms with Crippen LogP contribution in [0.4, 0.5) is 0 Å². The van der Waals surface area contributed by atoms with Crippen molar-refractivity contribution in [1.29, 1.82) is 0 Å². The Morgan fingerprint density at radius 3 is 2.06 bits per heavy atom. The van der Waals surface area contributed by atoms with Gasteiger partial charge in [-0.15, -0.1) is 0 Å². The Hall–Kier alpha value is -1.19. The van der Waals surface area contributed by atoms with E-state index < -0.39 is 11.6 Å². The second-order valence-corrected chi connectivity index (χ2v) is 4.91. The highest BCUT2D eigenvalue weighted by atomic mass is 16.4. The molecule has 0 saturated carbocycles. The molecule has 1 aliphatic rings. The largest absolute Gasteiger partial charge is 0.542 e. The van der Waals surface area contributed by atoms with E-state index in [9.17, 15) is 9.90 Å². The number of rotatable bonds is 3. The Balaban J connectivity index is 3.48. The number of carboxylic acid groups (broad SMARTS) is 1. The van der Waals surface area contributed by atoms with Crippen LogP contribution in [0.1, 0.15) is 41.5 Å². The minimum absolute atomic E-state index is 0.0847. The zero-order chi connectivity index (χ0) is 12.7. The molecule has 90 valence electrons. The molecule has 16 heavy (non-hydrogen) atoms. The molecular formula is C12H20N2O2. The van der Waals surface area contributed by atoms with E-state index in [2.05, 4.69) is 4.99 Å². The van der Waals surface area contributed by atoms with Gasteiger partial charge in [0, 0.05) is 12.8 Å². The summed E-state index contributed by atoms with van der Waals surface area (Å²) >= 11 is 0. The predicted molar refractivity (Wildman–Crippen MR) is 61.8 cm³/mol. The van der Waals surface area contributed by atoms with Gasteiger partial charge in [0.25, 0.3) is 5.66 Å². The molecule has 1 unspecified atom stereocenters. The van der Waals surface area contributed by atoms with E-state index in [1.54, 1.807) is 0 Å². The van der Waals surface area contributed by atoms with Gasteiger partial charge in [-0.25, -0.2) is 4.99 Å². The standard InChI is InChI=1S/C12H20N2O2/c1-7(2)12(11(15)16)13-9(5)10(6)14(12)8(3)4/h7-8H,1-6H3. The summed E-state index contributed by atoms with van der Waals surface area (Å²) in [6, 6.07) is 0.0847. The molecular weight excluding hydrogens is 204 g/mol. The first kappa shape index (κ1) is 12.9. The van der Waals surface area contributed by atoms with Crippen molar-refractivity contribution in [2.75, 3.05) is 0 Å². The van der Waals surface area contributed by atoms with Crippen LogP contribution >= 0.6 is 0 Å². The fraction of sp³-hybridized carbons (Fsp3) is 0.750. The molecule has 1 aliphatic heterocycles. The molecule has 0 amide bonds. The molecule has 1 atom stereocenters. The Morgan fingerprint density at radius 2 is 1.81 bits per heavy atom. The second-order valence-electron chi connectivity index (χ2n) is 4.91. The van der Waals surface area contributed by atoms with Gasteiger partial charge in [-0.3, -0.25) is 0 Å². The van der Waals surface area contributed by atoms with Crippen molar-refractivity contribution in [3.8, 4) is 0 Å². The molecule has 0 aliphatic carbocycles. The normalized spacial score (nSPS) is 25.6. The maximum atomic E-state index is 11.5. The summed E-state index contributed by atoms with van der Waals surface area (Å²) in [5, 5.41) is 11.5. The van der Waals surface area contributed by atoms with Crippen LogP contribution in [0.25, 0.3) is 0 Å². The molecule has 1 rings (SSSR count). The summed E-state index contributed by atoms with van der Waals surface area (Å²) < 4.78 is 1.85. The highest BCUT2D eigenvalue weighted by molar-refractivity contribution is 6.39. The summed E-state index contributed by atoms with van der Waals surface area (Å²) in [6.45, 7) is 11.4. The average molecular weight is 224 g/mol. The van der Waals surface area contributed by atoms with Crippen LogP contribution in [0.5, 0.6) is 0 Å². The van der Waals surface area contributed by atoms with E-state index in [-0.39, 0.29) is 12.0 Å². The molecule has 0 radical (unpaired) electrons. The van der Waals surface area contributed by atoms with E-state index in [0.717, 1.165) is 11.4 Å². The van der Waals surface area contributed by atoms with Crippen molar-refractivity contribution in [2.45, 2.75) is 53.2 Å². The quantitative estimate of drug-likeness (QED) is 0.653. The molecule has 1 heterocycles. The van der Waals surface area contributed by atoms with Crippen molar-refractivity contribution >= 4 is 17.4 Å². The number of carbonyl (C=O) groups excluding carboxylic acids is 1. The van der Waals surface area contributed by atoms with Crippen LogP contribution in [0.2, 0.25) is 0 Å². The van der Waals surface area contributed by atoms with Crippen LogP contribution in [-0.2, 0) is 4.79 Å². The van der Waals surface area contributed by atoms with Gasteiger partial charge in [0.05, 0.1) is 0 Å². The SMILES string of the molecule is CC1=NC(C(=O)[O-])(C(C)C)[N+](C(C)C)=C1C. The Kier molecular flexibility index (Phi) is 3.22. The van der Waals surface area contributed by atoms with E-state index in [1.165, 1.54) is 0 Å². The van der Waals surface area contributed by atoms with Crippen LogP contribution in [0.15, 0.2) is 4.99 Å². The molecule has 4 heteroatoms. The molecule has 0 aromatic carbocycles. The topological polar surface area (TPSA) is 55.5 Å². The van der Waals surface area contributed by atoms with Crippen LogP contribution < -0.4 is 5.11 Å². The van der Waals surface area contributed by atoms with Crippen LogP contribution in [0, 0.1) is 5.92 Å². The summed E-state index contributed by atoms with van der Waals surface area (Å²) in [4.78, 5) is 15.8. The summed E-state index contributed by atoms with van der Waals surface area (Å²) in [6.07, 6.45) is 0. The van der Waals surface area contributed by atoms with Gasteiger partial charge in [0.2, 0.25) is 0 Å². The van der Waals surface area contributed by atoms with E-state index in [1.807, 2.05) is 46.1 Å². The van der Waals surface area contributed by atoms with Gasteiger partial charge in [0.15, 0.2) is 11.8 Å². The highest BCUT2D eigenvalue weighted by Crippen LogP contribution is 2.29. The molecule has 0 bridgehead atoms. The highest BCUT2D eigenvalue weighted by Gasteiger charge is 2.52. The lowest BCUT2D eigenvalue weighted by Gasteiger charge is -2.30. The number of nitrogens with zero attached hydrogens (tertiary/aromatic N) is 2. The predicted octanol–water partition coefficient (Wildman–Crippen LogP) is 0.445. The molecule has 0 aromatic heterocycles. The zero-order valence-corrected chi connectivity index (χ0v) is 10.9. The summed E-state index contributed by atoms with van der Waals surface area (Å²) in [7, 11) is 0. The van der Waals surface area contributed by atoms with Crippen LogP contribution in [-0.4, -0.2) is 33.7 Å². The minimum Gasteiger partial charge on any atom is -0.542 e. The first-order valence-electron chi connectivity index (χ1n) is 5.66. The first-order chi connectivity index (χ1) is 7.25. The molecule has 0 N–H and O–H groups in total. The van der Waals surface area contributed by atoms with Gasteiger partial charge in [-0.1, -0.05) is 13.8 Å². The average Bonchev–Trinajstić information content (AvgIpc) is 2.40. The van der Waals surface area contributed by atoms with E-state index in [0.29, 0.717) is 0 Å². The fourth-order valence-corrected chi connectivity index (χ4v) is 2.39. The Morgan fingerprint density at radius 1 is 1.31 bits per heavy atom. The van der Waals surface area contributed by atoms with Crippen molar-refractivity contribution < 1.29 is 14.5 Å². The fourth-order valence-electron chi connectivity index (χ4n) is 2.39. The number of carboxylic acids is 1. The minimum atomic E-state index is -1.23. The van der Waals surface area contributed by atoms with Gasteiger partial charge >= 0.3 is 0 Å². The molecule has 0 spiro atoms. The van der Waals surface area contributed by atoms with Gasteiger partial charge in [-0.2, -0.15) is 4.58 Å². The number of hydrogen-bond donors (Lipinski definition) is 0. The van der Waals surface area contributed by atoms with Crippen molar-refractivity contribution in [2.24, 2.45) is 10.9 Å². The van der Waals surface area contributed by atoms with Crippen molar-refractivity contribution in [3.63, 3.8) is 0 Å². The lowest BCUT2D eigenvalue weighted by molar-refractivity contribution is -0.631. The number of hydrogen-bond acceptors (Lipinski definition) is 3. The second kappa shape index (κ2) is 4.00. The Bertz CT molecular complexity index is 380. The molecule has 0 aromatic rings. The smallest absolute Gasteiger partial charge is 0.299 e. The van der Waals surface area contributed by atoms with Crippen LogP contribution in [0.3, 0.4) is 0 Å². The molecule has 0 fully saturated rings. The van der Waals surface area contributed by atoms with Gasteiger partial charge in [0.1, 0.15) is 11.7 Å². The third-order valence-corrected chi connectivity index (χ3v) is 3.21. The third kappa shape index (κ3) is 1.56. The van der Waals surface area contributed by atoms with E-state index in [4.69, 9.17) is 0 Å².